The molecule has 0 spiro atoms. The first-order valence-electron chi connectivity index (χ1n) is 6.52. The fourth-order valence-electron chi connectivity index (χ4n) is 2.03. The third-order valence-electron chi connectivity index (χ3n) is 2.99. The Bertz CT molecular complexity index is 265. The topological polar surface area (TPSA) is 93.5 Å². The standard InChI is InChI=1S/C12H23N3O3/c13-11(16)9-18-7-6-15-12(17)4-3-10-2-1-5-14-8-10/h10,14H,1-9H2,(H2,13,16)(H,15,17). The maximum Gasteiger partial charge on any atom is 0.243 e. The summed E-state index contributed by atoms with van der Waals surface area (Å²) in [5.41, 5.74) is 4.91. The van der Waals surface area contributed by atoms with Gasteiger partial charge in [0.1, 0.15) is 6.61 Å². The van der Waals surface area contributed by atoms with Gasteiger partial charge in [-0.25, -0.2) is 0 Å². The monoisotopic (exact) mass is 257 g/mol. The summed E-state index contributed by atoms with van der Waals surface area (Å²) in [5.74, 6) is 0.171. The first-order valence-corrected chi connectivity index (χ1v) is 6.52. The highest BCUT2D eigenvalue weighted by atomic mass is 16.5. The Morgan fingerprint density at radius 3 is 2.94 bits per heavy atom. The minimum absolute atomic E-state index is 0.0447. The van der Waals surface area contributed by atoms with Crippen LogP contribution in [-0.2, 0) is 14.3 Å². The smallest absolute Gasteiger partial charge is 0.243 e. The van der Waals surface area contributed by atoms with E-state index in [1.165, 1.54) is 12.8 Å². The molecule has 1 unspecified atom stereocenters. The molecule has 0 saturated carbocycles. The summed E-state index contributed by atoms with van der Waals surface area (Å²) in [6.07, 6.45) is 3.90. The molecule has 1 heterocycles. The van der Waals surface area contributed by atoms with Gasteiger partial charge in [0.2, 0.25) is 11.8 Å². The van der Waals surface area contributed by atoms with Crippen LogP contribution in [0.4, 0.5) is 0 Å². The lowest BCUT2D eigenvalue weighted by Crippen LogP contribution is -2.32. The molecule has 0 aromatic carbocycles. The summed E-state index contributed by atoms with van der Waals surface area (Å²) in [6, 6.07) is 0. The molecule has 0 aliphatic carbocycles. The van der Waals surface area contributed by atoms with Gasteiger partial charge in [-0.3, -0.25) is 9.59 Å². The second-order valence-electron chi connectivity index (χ2n) is 4.62. The Labute approximate surface area is 108 Å². The van der Waals surface area contributed by atoms with Gasteiger partial charge in [0.15, 0.2) is 0 Å². The molecule has 1 aliphatic heterocycles. The summed E-state index contributed by atoms with van der Waals surface area (Å²) in [7, 11) is 0. The molecule has 18 heavy (non-hydrogen) atoms. The first kappa shape index (κ1) is 14.9. The van der Waals surface area contributed by atoms with E-state index in [9.17, 15) is 9.59 Å². The zero-order chi connectivity index (χ0) is 13.2. The van der Waals surface area contributed by atoms with Crippen molar-refractivity contribution in [1.29, 1.82) is 0 Å². The zero-order valence-corrected chi connectivity index (χ0v) is 10.7. The lowest BCUT2D eigenvalue weighted by Gasteiger charge is -2.22. The highest BCUT2D eigenvalue weighted by molar-refractivity contribution is 5.76. The highest BCUT2D eigenvalue weighted by Crippen LogP contribution is 2.15. The van der Waals surface area contributed by atoms with E-state index in [1.807, 2.05) is 0 Å². The van der Waals surface area contributed by atoms with Crippen LogP contribution in [0, 0.1) is 5.92 Å². The van der Waals surface area contributed by atoms with Crippen LogP contribution in [0.5, 0.6) is 0 Å². The molecule has 0 bridgehead atoms. The molecule has 6 nitrogen and oxygen atoms in total. The molecule has 1 saturated heterocycles. The second kappa shape index (κ2) is 8.88. The van der Waals surface area contributed by atoms with Crippen molar-refractivity contribution in [2.45, 2.75) is 25.7 Å². The van der Waals surface area contributed by atoms with E-state index in [0.29, 0.717) is 25.5 Å². The predicted octanol–water partition coefficient (Wildman–Crippen LogP) is -0.616. The highest BCUT2D eigenvalue weighted by Gasteiger charge is 2.14. The molecule has 1 rings (SSSR count). The number of carbonyl (C=O) groups excluding carboxylic acids is 2. The first-order chi connectivity index (χ1) is 8.68. The van der Waals surface area contributed by atoms with Gasteiger partial charge in [-0.1, -0.05) is 0 Å². The van der Waals surface area contributed by atoms with Crippen LogP contribution in [0.1, 0.15) is 25.7 Å². The van der Waals surface area contributed by atoms with Crippen LogP contribution in [-0.4, -0.2) is 44.7 Å². The van der Waals surface area contributed by atoms with Crippen LogP contribution < -0.4 is 16.4 Å². The Balaban J connectivity index is 1.94. The van der Waals surface area contributed by atoms with Crippen molar-refractivity contribution in [2.75, 3.05) is 32.8 Å². The fraction of sp³-hybridized carbons (Fsp3) is 0.833. The average Bonchev–Trinajstić information content (AvgIpc) is 2.37. The maximum atomic E-state index is 11.5. The fourth-order valence-corrected chi connectivity index (χ4v) is 2.03. The van der Waals surface area contributed by atoms with Crippen molar-refractivity contribution in [2.24, 2.45) is 11.7 Å². The number of nitrogens with two attached hydrogens (primary N) is 1. The number of ether oxygens (including phenoxy) is 1. The number of hydrogen-bond acceptors (Lipinski definition) is 4. The molecular formula is C12H23N3O3. The van der Waals surface area contributed by atoms with Crippen molar-refractivity contribution in [1.82, 2.24) is 10.6 Å². The van der Waals surface area contributed by atoms with Gasteiger partial charge in [0, 0.05) is 13.0 Å². The maximum absolute atomic E-state index is 11.5. The van der Waals surface area contributed by atoms with Crippen LogP contribution in [0.15, 0.2) is 0 Å². The Morgan fingerprint density at radius 2 is 2.28 bits per heavy atom. The molecular weight excluding hydrogens is 234 g/mol. The van der Waals surface area contributed by atoms with Crippen molar-refractivity contribution < 1.29 is 14.3 Å². The van der Waals surface area contributed by atoms with E-state index in [4.69, 9.17) is 10.5 Å². The van der Waals surface area contributed by atoms with Crippen molar-refractivity contribution >= 4 is 11.8 Å². The molecule has 1 aliphatic rings. The molecule has 1 fully saturated rings. The van der Waals surface area contributed by atoms with Gasteiger partial charge < -0.3 is 21.1 Å². The predicted molar refractivity (Wildman–Crippen MR) is 67.9 cm³/mol. The van der Waals surface area contributed by atoms with E-state index in [-0.39, 0.29) is 12.5 Å². The zero-order valence-electron chi connectivity index (χ0n) is 10.7. The largest absolute Gasteiger partial charge is 0.370 e. The average molecular weight is 257 g/mol. The number of nitrogens with one attached hydrogen (secondary N) is 2. The van der Waals surface area contributed by atoms with Gasteiger partial charge in [-0.05, 0) is 38.3 Å². The molecule has 0 radical (unpaired) electrons. The molecule has 0 aromatic rings. The van der Waals surface area contributed by atoms with Gasteiger partial charge in [0.05, 0.1) is 6.61 Å². The number of rotatable bonds is 8. The third kappa shape index (κ3) is 7.24. The molecule has 1 atom stereocenters. The van der Waals surface area contributed by atoms with Gasteiger partial charge in [-0.15, -0.1) is 0 Å². The Morgan fingerprint density at radius 1 is 1.44 bits per heavy atom. The summed E-state index contributed by atoms with van der Waals surface area (Å²) < 4.78 is 4.94. The summed E-state index contributed by atoms with van der Waals surface area (Å²) >= 11 is 0. The second-order valence-corrected chi connectivity index (χ2v) is 4.62. The third-order valence-corrected chi connectivity index (χ3v) is 2.99. The Hall–Kier alpha value is -1.14. The summed E-state index contributed by atoms with van der Waals surface area (Å²) in [5, 5.41) is 6.09. The van der Waals surface area contributed by atoms with Gasteiger partial charge in [-0.2, -0.15) is 0 Å². The molecule has 4 N–H and O–H groups in total. The van der Waals surface area contributed by atoms with E-state index in [2.05, 4.69) is 10.6 Å². The van der Waals surface area contributed by atoms with Gasteiger partial charge >= 0.3 is 0 Å². The van der Waals surface area contributed by atoms with Crippen molar-refractivity contribution in [3.8, 4) is 0 Å². The van der Waals surface area contributed by atoms with Crippen LogP contribution in [0.25, 0.3) is 0 Å². The van der Waals surface area contributed by atoms with Crippen LogP contribution >= 0.6 is 0 Å². The summed E-state index contributed by atoms with van der Waals surface area (Å²) in [6.45, 7) is 2.77. The van der Waals surface area contributed by atoms with E-state index < -0.39 is 5.91 Å². The van der Waals surface area contributed by atoms with Crippen LogP contribution in [0.3, 0.4) is 0 Å². The molecule has 2 amide bonds. The number of primary amides is 1. The SMILES string of the molecule is NC(=O)COCCNC(=O)CCC1CCCNC1. The van der Waals surface area contributed by atoms with Crippen molar-refractivity contribution in [3.63, 3.8) is 0 Å². The lowest BCUT2D eigenvalue weighted by atomic mass is 9.94. The lowest BCUT2D eigenvalue weighted by molar-refractivity contribution is -0.122. The van der Waals surface area contributed by atoms with E-state index in [1.54, 1.807) is 0 Å². The number of hydrogen-bond donors (Lipinski definition) is 3. The molecule has 104 valence electrons. The molecule has 6 heteroatoms. The number of amides is 2. The Kier molecular flexibility index (Phi) is 7.36. The molecule has 0 aromatic heterocycles. The van der Waals surface area contributed by atoms with E-state index >= 15 is 0 Å². The minimum atomic E-state index is -0.494. The van der Waals surface area contributed by atoms with Gasteiger partial charge in [0.25, 0.3) is 0 Å². The van der Waals surface area contributed by atoms with Crippen molar-refractivity contribution in [3.05, 3.63) is 0 Å². The quantitative estimate of drug-likeness (QED) is 0.505. The minimum Gasteiger partial charge on any atom is -0.370 e. The normalized spacial score (nSPS) is 19.4. The van der Waals surface area contributed by atoms with E-state index in [0.717, 1.165) is 19.5 Å². The van der Waals surface area contributed by atoms with Crippen LogP contribution in [0.2, 0.25) is 0 Å². The number of piperidine rings is 1. The number of carbonyl (C=O) groups is 2. The summed E-state index contributed by atoms with van der Waals surface area (Å²) in [4.78, 5) is 21.9.